The van der Waals surface area contributed by atoms with Crippen LogP contribution in [0, 0.1) is 0 Å². The fraction of sp³-hybridized carbons (Fsp3) is 0.480. The molecule has 0 saturated carbocycles. The molecule has 0 saturated heterocycles. The van der Waals surface area contributed by atoms with E-state index in [1.54, 1.807) is 38.2 Å². The number of fused-ring (bicyclic) bond motifs is 1. The number of halogens is 3. The lowest BCUT2D eigenvalue weighted by molar-refractivity contribution is -0.173. The highest BCUT2D eigenvalue weighted by molar-refractivity contribution is 6.02. The third-order valence-corrected chi connectivity index (χ3v) is 5.59. The minimum Gasteiger partial charge on any atom is -0.493 e. The van der Waals surface area contributed by atoms with E-state index in [0.29, 0.717) is 33.7 Å². The number of nitrogens with one attached hydrogen (secondary N) is 2. The minimum absolute atomic E-state index is 0.190. The average Bonchev–Trinajstić information content (AvgIpc) is 2.85. The highest BCUT2D eigenvalue weighted by Gasteiger charge is 2.39. The molecule has 14 heteroatoms. The maximum Gasteiger partial charge on any atom is 0.471 e. The third-order valence-electron chi connectivity index (χ3n) is 5.59. The smallest absolute Gasteiger partial charge is 0.471 e. The number of imide groups is 1. The van der Waals surface area contributed by atoms with Gasteiger partial charge in [0.05, 0.1) is 24.3 Å². The molecule has 1 aromatic carbocycles. The summed E-state index contributed by atoms with van der Waals surface area (Å²) in [6.45, 7) is 3.59. The molecule has 0 radical (unpaired) electrons. The molecule has 3 rings (SSSR count). The first-order chi connectivity index (χ1) is 18.2. The number of hydrogen-bond donors (Lipinski definition) is 2. The van der Waals surface area contributed by atoms with Crippen molar-refractivity contribution in [3.63, 3.8) is 0 Å². The summed E-state index contributed by atoms with van der Waals surface area (Å²) in [5.41, 5.74) is -0.652. The van der Waals surface area contributed by atoms with Crippen LogP contribution in [0.2, 0.25) is 0 Å². The van der Waals surface area contributed by atoms with E-state index in [-0.39, 0.29) is 24.0 Å². The normalized spacial score (nSPS) is 15.8. The first kappa shape index (κ1) is 29.5. The number of hydrogen-bond acceptors (Lipinski definition) is 8. The van der Waals surface area contributed by atoms with Crippen molar-refractivity contribution in [2.24, 2.45) is 0 Å². The van der Waals surface area contributed by atoms with Crippen molar-refractivity contribution in [2.45, 2.75) is 57.9 Å². The summed E-state index contributed by atoms with van der Waals surface area (Å²) in [7, 11) is 1.45. The predicted molar refractivity (Wildman–Crippen MR) is 132 cm³/mol. The predicted octanol–water partition coefficient (Wildman–Crippen LogP) is 3.23. The molecule has 2 aromatic rings. The van der Waals surface area contributed by atoms with Gasteiger partial charge < -0.3 is 24.5 Å². The Kier molecular flexibility index (Phi) is 8.87. The van der Waals surface area contributed by atoms with Gasteiger partial charge in [0.15, 0.2) is 11.5 Å². The Bertz CT molecular complexity index is 1330. The summed E-state index contributed by atoms with van der Waals surface area (Å²) in [6.07, 6.45) is -2.88. The van der Waals surface area contributed by atoms with Gasteiger partial charge in [-0.15, -0.1) is 0 Å². The average molecular weight is 555 g/mol. The Balaban J connectivity index is 1.73. The van der Waals surface area contributed by atoms with Crippen LogP contribution in [0.5, 0.6) is 11.5 Å². The van der Waals surface area contributed by atoms with Gasteiger partial charge in [0, 0.05) is 31.1 Å². The standard InChI is InChI=1S/C25H29F3N4O7/c1-24(2,3)39-23(36)32(10-9-29-22(35)25(26,27)28)21(34)14-5-7-15(8-6-14)38-19-11-16-17(12-18(19)37-4)30-13-31-20(16)33/h5,11-13,15H,6-10H2,1-4H3,(H,29,35)(H,30,31,33)/t15-/m1/s1. The number of carbonyl (C=O) groups excluding carboxylic acids is 3. The van der Waals surface area contributed by atoms with Gasteiger partial charge in [-0.3, -0.25) is 14.4 Å². The summed E-state index contributed by atoms with van der Waals surface area (Å²) >= 11 is 0. The zero-order valence-corrected chi connectivity index (χ0v) is 21.8. The topological polar surface area (TPSA) is 140 Å². The van der Waals surface area contributed by atoms with Crippen LogP contribution in [0.3, 0.4) is 0 Å². The van der Waals surface area contributed by atoms with Gasteiger partial charge in [-0.2, -0.15) is 13.2 Å². The summed E-state index contributed by atoms with van der Waals surface area (Å²) in [5, 5.41) is 1.95. The minimum atomic E-state index is -5.10. The van der Waals surface area contributed by atoms with Crippen molar-refractivity contribution >= 4 is 28.8 Å². The first-order valence-electron chi connectivity index (χ1n) is 12.0. The molecule has 0 aliphatic heterocycles. The van der Waals surface area contributed by atoms with E-state index < -0.39 is 48.9 Å². The maximum absolute atomic E-state index is 13.2. The number of rotatable bonds is 7. The second-order valence-corrected chi connectivity index (χ2v) is 9.69. The molecule has 11 nitrogen and oxygen atoms in total. The van der Waals surface area contributed by atoms with E-state index in [0.717, 1.165) is 0 Å². The number of H-pyrrole nitrogens is 1. The number of amides is 3. The summed E-state index contributed by atoms with van der Waals surface area (Å²) < 4.78 is 54.2. The van der Waals surface area contributed by atoms with Crippen LogP contribution < -0.4 is 20.3 Å². The van der Waals surface area contributed by atoms with Gasteiger partial charge in [-0.05, 0) is 39.7 Å². The fourth-order valence-corrected chi connectivity index (χ4v) is 3.77. The van der Waals surface area contributed by atoms with Crippen molar-refractivity contribution in [3.05, 3.63) is 40.5 Å². The Morgan fingerprint density at radius 2 is 1.90 bits per heavy atom. The largest absolute Gasteiger partial charge is 0.493 e. The van der Waals surface area contributed by atoms with Crippen LogP contribution >= 0.6 is 0 Å². The van der Waals surface area contributed by atoms with Gasteiger partial charge >= 0.3 is 18.2 Å². The molecule has 1 atom stereocenters. The van der Waals surface area contributed by atoms with Crippen LogP contribution in [0.15, 0.2) is 34.9 Å². The van der Waals surface area contributed by atoms with Gasteiger partial charge in [0.25, 0.3) is 11.5 Å². The van der Waals surface area contributed by atoms with Gasteiger partial charge in [-0.1, -0.05) is 6.08 Å². The molecule has 1 aromatic heterocycles. The van der Waals surface area contributed by atoms with Crippen molar-refractivity contribution in [3.8, 4) is 11.5 Å². The fourth-order valence-electron chi connectivity index (χ4n) is 3.77. The highest BCUT2D eigenvalue weighted by Crippen LogP contribution is 2.33. The molecule has 3 amide bonds. The number of benzene rings is 1. The van der Waals surface area contributed by atoms with Gasteiger partial charge in [0.1, 0.15) is 11.7 Å². The third kappa shape index (κ3) is 7.71. The van der Waals surface area contributed by atoms with Crippen LogP contribution in [-0.4, -0.2) is 70.9 Å². The molecular formula is C25H29F3N4O7. The number of ether oxygens (including phenoxy) is 3. The summed E-state index contributed by atoms with van der Waals surface area (Å²) in [6, 6.07) is 3.09. The Morgan fingerprint density at radius 3 is 2.49 bits per heavy atom. The monoisotopic (exact) mass is 554 g/mol. The van der Waals surface area contributed by atoms with Crippen LogP contribution in [0.1, 0.15) is 40.0 Å². The second-order valence-electron chi connectivity index (χ2n) is 9.69. The molecule has 0 spiro atoms. The van der Waals surface area contributed by atoms with Crippen LogP contribution in [0.4, 0.5) is 18.0 Å². The molecule has 0 fully saturated rings. The number of aromatic amines is 1. The molecule has 2 N–H and O–H groups in total. The zero-order chi connectivity index (χ0) is 29.0. The Labute approximate surface area is 221 Å². The quantitative estimate of drug-likeness (QED) is 0.532. The van der Waals surface area contributed by atoms with Crippen molar-refractivity contribution in [2.75, 3.05) is 20.2 Å². The number of methoxy groups -OCH3 is 1. The van der Waals surface area contributed by atoms with E-state index in [1.165, 1.54) is 19.5 Å². The van der Waals surface area contributed by atoms with Crippen molar-refractivity contribution < 1.29 is 41.8 Å². The molecule has 212 valence electrons. The Morgan fingerprint density at radius 1 is 1.18 bits per heavy atom. The van der Waals surface area contributed by atoms with E-state index in [1.807, 2.05) is 0 Å². The lowest BCUT2D eigenvalue weighted by atomic mass is 9.96. The molecular weight excluding hydrogens is 525 g/mol. The number of nitrogens with zero attached hydrogens (tertiary/aromatic N) is 2. The van der Waals surface area contributed by atoms with Gasteiger partial charge in [0.2, 0.25) is 0 Å². The Hall–Kier alpha value is -4.10. The van der Waals surface area contributed by atoms with E-state index in [9.17, 15) is 32.3 Å². The number of aromatic nitrogens is 2. The van der Waals surface area contributed by atoms with E-state index in [4.69, 9.17) is 14.2 Å². The number of carbonyl (C=O) groups is 3. The zero-order valence-electron chi connectivity index (χ0n) is 21.8. The van der Waals surface area contributed by atoms with Crippen LogP contribution in [0.25, 0.3) is 10.9 Å². The molecule has 1 aliphatic carbocycles. The molecule has 0 bridgehead atoms. The summed E-state index contributed by atoms with van der Waals surface area (Å²) in [5.74, 6) is -2.25. The van der Waals surface area contributed by atoms with E-state index in [2.05, 4.69) is 9.97 Å². The highest BCUT2D eigenvalue weighted by atomic mass is 19.4. The first-order valence-corrected chi connectivity index (χ1v) is 12.0. The summed E-state index contributed by atoms with van der Waals surface area (Å²) in [4.78, 5) is 56.4. The van der Waals surface area contributed by atoms with Crippen LogP contribution in [-0.2, 0) is 14.3 Å². The lowest BCUT2D eigenvalue weighted by Gasteiger charge is -2.29. The van der Waals surface area contributed by atoms with Crippen molar-refractivity contribution in [1.29, 1.82) is 0 Å². The molecule has 0 unspecified atom stereocenters. The molecule has 1 aliphatic rings. The number of alkyl halides is 3. The SMILES string of the molecule is COc1cc2nc[nH]c(=O)c2cc1O[C@@H]1CC=C(C(=O)N(CCNC(=O)C(F)(F)F)C(=O)OC(C)(C)C)CC1. The molecule has 1 heterocycles. The van der Waals surface area contributed by atoms with Gasteiger partial charge in [-0.25, -0.2) is 14.7 Å². The maximum atomic E-state index is 13.2. The van der Waals surface area contributed by atoms with E-state index >= 15 is 0 Å². The molecule has 39 heavy (non-hydrogen) atoms. The second kappa shape index (κ2) is 11.7. The lowest BCUT2D eigenvalue weighted by Crippen LogP contribution is -2.47. The van der Waals surface area contributed by atoms with Crippen molar-refractivity contribution in [1.82, 2.24) is 20.2 Å².